The van der Waals surface area contributed by atoms with E-state index in [2.05, 4.69) is 53.7 Å². The van der Waals surface area contributed by atoms with Crippen LogP contribution in [0.1, 0.15) is 16.7 Å². The molecule has 2 aromatic carbocycles. The van der Waals surface area contributed by atoms with Gasteiger partial charge in [0.2, 0.25) is 0 Å². The van der Waals surface area contributed by atoms with E-state index in [0.29, 0.717) is 11.3 Å². The fourth-order valence-corrected chi connectivity index (χ4v) is 2.77. The van der Waals surface area contributed by atoms with Gasteiger partial charge >= 0.3 is 0 Å². The molecular formula is C22H30N4O3. The molecule has 0 aliphatic rings. The smallest absolute Gasteiger partial charge is 0.254 e. The molecule has 156 valence electrons. The van der Waals surface area contributed by atoms with Gasteiger partial charge in [-0.3, -0.25) is 9.69 Å². The summed E-state index contributed by atoms with van der Waals surface area (Å²) in [4.78, 5) is 16.2. The number of phenolic OH excluding ortho intramolecular Hbond substituents is 1. The zero-order valence-electron chi connectivity index (χ0n) is 17.6. The zero-order valence-corrected chi connectivity index (χ0v) is 17.6. The maximum absolute atomic E-state index is 12.1. The number of hydrogen-bond donors (Lipinski definition) is 2. The van der Waals surface area contributed by atoms with Crippen molar-refractivity contribution in [3.63, 3.8) is 0 Å². The number of benzene rings is 2. The van der Waals surface area contributed by atoms with Gasteiger partial charge in [0.1, 0.15) is 0 Å². The predicted molar refractivity (Wildman–Crippen MR) is 115 cm³/mol. The number of aromatic hydroxyl groups is 1. The summed E-state index contributed by atoms with van der Waals surface area (Å²) in [5.74, 6) is 0.129. The van der Waals surface area contributed by atoms with Crippen LogP contribution in [-0.2, 0) is 11.3 Å². The molecule has 0 atom stereocenters. The fourth-order valence-electron chi connectivity index (χ4n) is 2.77. The molecule has 0 aromatic heterocycles. The maximum atomic E-state index is 12.1. The van der Waals surface area contributed by atoms with Crippen molar-refractivity contribution in [3.8, 4) is 11.5 Å². The van der Waals surface area contributed by atoms with E-state index < -0.39 is 0 Å². The number of rotatable bonds is 10. The number of ether oxygens (including phenoxy) is 1. The highest BCUT2D eigenvalue weighted by atomic mass is 16.5. The number of methoxy groups -OCH3 is 1. The predicted octanol–water partition coefficient (Wildman–Crippen LogP) is 2.22. The number of nitrogens with zero attached hydrogens (tertiary/aromatic N) is 3. The Morgan fingerprint density at radius 3 is 2.52 bits per heavy atom. The SMILES string of the molecule is COc1cccc(/C=N/NC(=O)CN(C)CCN(C)Cc2ccc(C)cc2)c1O. The third-order valence-electron chi connectivity index (χ3n) is 4.49. The minimum Gasteiger partial charge on any atom is -0.504 e. The molecule has 0 heterocycles. The summed E-state index contributed by atoms with van der Waals surface area (Å²) in [6.07, 6.45) is 1.39. The Labute approximate surface area is 172 Å². The molecule has 0 saturated heterocycles. The quantitative estimate of drug-likeness (QED) is 0.474. The first-order chi connectivity index (χ1) is 13.9. The Morgan fingerprint density at radius 2 is 1.83 bits per heavy atom. The highest BCUT2D eigenvalue weighted by Crippen LogP contribution is 2.27. The third-order valence-corrected chi connectivity index (χ3v) is 4.49. The number of amides is 1. The van der Waals surface area contributed by atoms with Crippen molar-refractivity contribution < 1.29 is 14.6 Å². The Hall–Kier alpha value is -2.90. The molecule has 2 aromatic rings. The number of para-hydroxylation sites is 1. The lowest BCUT2D eigenvalue weighted by atomic mass is 10.1. The van der Waals surface area contributed by atoms with Crippen LogP contribution in [0.2, 0.25) is 0 Å². The van der Waals surface area contributed by atoms with Crippen LogP contribution in [0.5, 0.6) is 11.5 Å². The van der Waals surface area contributed by atoms with Gasteiger partial charge in [0, 0.05) is 25.2 Å². The Bertz CT molecular complexity index is 821. The molecule has 2 rings (SSSR count). The largest absolute Gasteiger partial charge is 0.504 e. The van der Waals surface area contributed by atoms with Crippen LogP contribution >= 0.6 is 0 Å². The molecule has 0 spiro atoms. The molecule has 0 radical (unpaired) electrons. The van der Waals surface area contributed by atoms with Crippen LogP contribution in [0, 0.1) is 6.92 Å². The molecule has 0 aliphatic carbocycles. The van der Waals surface area contributed by atoms with Gasteiger partial charge < -0.3 is 14.7 Å². The number of likely N-dealkylation sites (N-methyl/N-ethyl adjacent to an activating group) is 2. The molecule has 0 aliphatic heterocycles. The van der Waals surface area contributed by atoms with Gasteiger partial charge in [-0.1, -0.05) is 35.9 Å². The van der Waals surface area contributed by atoms with E-state index in [1.807, 2.05) is 11.9 Å². The van der Waals surface area contributed by atoms with E-state index in [4.69, 9.17) is 4.74 Å². The lowest BCUT2D eigenvalue weighted by Gasteiger charge is -2.21. The van der Waals surface area contributed by atoms with Gasteiger partial charge in [0.15, 0.2) is 11.5 Å². The van der Waals surface area contributed by atoms with Crippen LogP contribution in [0.25, 0.3) is 0 Å². The monoisotopic (exact) mass is 398 g/mol. The Morgan fingerprint density at radius 1 is 1.14 bits per heavy atom. The molecule has 0 saturated carbocycles. The van der Waals surface area contributed by atoms with Gasteiger partial charge in [-0.25, -0.2) is 5.43 Å². The first-order valence-electron chi connectivity index (χ1n) is 9.49. The fraction of sp³-hybridized carbons (Fsp3) is 0.364. The van der Waals surface area contributed by atoms with Crippen molar-refractivity contribution in [1.29, 1.82) is 0 Å². The number of carbonyl (C=O) groups excluding carboxylic acids is 1. The summed E-state index contributed by atoms with van der Waals surface area (Å²) in [7, 11) is 5.45. The summed E-state index contributed by atoms with van der Waals surface area (Å²) in [5, 5.41) is 13.9. The highest BCUT2D eigenvalue weighted by Gasteiger charge is 2.08. The van der Waals surface area contributed by atoms with E-state index >= 15 is 0 Å². The topological polar surface area (TPSA) is 77.4 Å². The third kappa shape index (κ3) is 7.56. The van der Waals surface area contributed by atoms with E-state index in [9.17, 15) is 9.90 Å². The number of carbonyl (C=O) groups is 1. The summed E-state index contributed by atoms with van der Waals surface area (Å²) >= 11 is 0. The van der Waals surface area contributed by atoms with Crippen LogP contribution in [0.15, 0.2) is 47.6 Å². The number of aryl methyl sites for hydroxylation is 1. The first-order valence-corrected chi connectivity index (χ1v) is 9.49. The molecule has 0 bridgehead atoms. The van der Waals surface area contributed by atoms with E-state index in [0.717, 1.165) is 19.6 Å². The normalized spacial score (nSPS) is 11.4. The average Bonchev–Trinajstić information content (AvgIpc) is 2.69. The zero-order chi connectivity index (χ0) is 21.2. The Kier molecular flexibility index (Phi) is 8.64. The van der Waals surface area contributed by atoms with Crippen molar-refractivity contribution >= 4 is 12.1 Å². The minimum absolute atomic E-state index is 0.0123. The van der Waals surface area contributed by atoms with Crippen molar-refractivity contribution in [3.05, 3.63) is 59.2 Å². The molecule has 0 fully saturated rings. The molecule has 7 nitrogen and oxygen atoms in total. The second kappa shape index (κ2) is 11.2. The molecule has 7 heteroatoms. The second-order valence-corrected chi connectivity index (χ2v) is 7.15. The summed E-state index contributed by atoms with van der Waals surface area (Å²) in [6, 6.07) is 13.6. The molecule has 1 amide bonds. The van der Waals surface area contributed by atoms with Crippen LogP contribution in [-0.4, -0.2) is 67.9 Å². The standard InChI is InChI=1S/C22H30N4O3/c1-17-8-10-18(11-9-17)15-25(2)12-13-26(3)16-21(27)24-23-14-19-6-5-7-20(29-4)22(19)28/h5-11,14,28H,12-13,15-16H2,1-4H3,(H,24,27)/b23-14+. The van der Waals surface area contributed by atoms with Gasteiger partial charge in [-0.05, 0) is 38.7 Å². The lowest BCUT2D eigenvalue weighted by Crippen LogP contribution is -2.37. The summed E-state index contributed by atoms with van der Waals surface area (Å²) < 4.78 is 5.04. The van der Waals surface area contributed by atoms with Crippen molar-refractivity contribution in [1.82, 2.24) is 15.2 Å². The number of hydrogen-bond acceptors (Lipinski definition) is 6. The van der Waals surface area contributed by atoms with Gasteiger partial charge in [-0.15, -0.1) is 0 Å². The minimum atomic E-state index is -0.215. The summed E-state index contributed by atoms with van der Waals surface area (Å²) in [6.45, 7) is 4.79. The van der Waals surface area contributed by atoms with Gasteiger partial charge in [0.05, 0.1) is 19.9 Å². The number of hydrazone groups is 1. The average molecular weight is 399 g/mol. The molecule has 29 heavy (non-hydrogen) atoms. The highest BCUT2D eigenvalue weighted by molar-refractivity contribution is 5.86. The molecule has 2 N–H and O–H groups in total. The molecule has 0 unspecified atom stereocenters. The lowest BCUT2D eigenvalue weighted by molar-refractivity contribution is -0.121. The van der Waals surface area contributed by atoms with Crippen LogP contribution in [0.4, 0.5) is 0 Å². The second-order valence-electron chi connectivity index (χ2n) is 7.15. The first kappa shape index (κ1) is 22.4. The van der Waals surface area contributed by atoms with E-state index in [1.54, 1.807) is 18.2 Å². The Balaban J connectivity index is 1.72. The molecular weight excluding hydrogens is 368 g/mol. The number of phenols is 1. The van der Waals surface area contributed by atoms with Crippen LogP contribution < -0.4 is 10.2 Å². The van der Waals surface area contributed by atoms with E-state index in [1.165, 1.54) is 24.5 Å². The van der Waals surface area contributed by atoms with Crippen molar-refractivity contribution in [2.24, 2.45) is 5.10 Å². The van der Waals surface area contributed by atoms with Gasteiger partial charge in [-0.2, -0.15) is 5.10 Å². The van der Waals surface area contributed by atoms with Gasteiger partial charge in [0.25, 0.3) is 5.91 Å². The summed E-state index contributed by atoms with van der Waals surface area (Å²) in [5.41, 5.74) is 5.48. The van der Waals surface area contributed by atoms with Crippen LogP contribution in [0.3, 0.4) is 0 Å². The maximum Gasteiger partial charge on any atom is 0.254 e. The van der Waals surface area contributed by atoms with Crippen molar-refractivity contribution in [2.45, 2.75) is 13.5 Å². The van der Waals surface area contributed by atoms with Crippen molar-refractivity contribution in [2.75, 3.05) is 40.8 Å². The number of nitrogens with one attached hydrogen (secondary N) is 1. The van der Waals surface area contributed by atoms with E-state index in [-0.39, 0.29) is 18.2 Å².